The number of aromatic nitrogens is 4. The molecule has 0 aliphatic heterocycles. The van der Waals surface area contributed by atoms with Gasteiger partial charge in [-0.15, -0.1) is 0 Å². The van der Waals surface area contributed by atoms with E-state index < -0.39 is 11.7 Å². The van der Waals surface area contributed by atoms with Gasteiger partial charge in [-0.3, -0.25) is 9.97 Å². The van der Waals surface area contributed by atoms with E-state index in [1.807, 2.05) is 12.1 Å². The fourth-order valence-corrected chi connectivity index (χ4v) is 3.77. The second-order valence-corrected chi connectivity index (χ2v) is 6.90. The van der Waals surface area contributed by atoms with E-state index in [1.165, 1.54) is 0 Å². The van der Waals surface area contributed by atoms with Crippen molar-refractivity contribution in [1.82, 2.24) is 19.9 Å². The first-order valence-corrected chi connectivity index (χ1v) is 8.72. The molecule has 8 heteroatoms. The number of nitrogens with zero attached hydrogens (tertiary/aromatic N) is 4. The fourth-order valence-electron chi connectivity index (χ4n) is 3.23. The number of benzene rings is 2. The van der Waals surface area contributed by atoms with Crippen molar-refractivity contribution in [2.24, 2.45) is 0 Å². The third-order valence-corrected chi connectivity index (χ3v) is 5.01. The lowest BCUT2D eigenvalue weighted by Gasteiger charge is -2.11. The van der Waals surface area contributed by atoms with Gasteiger partial charge in [-0.25, -0.2) is 9.97 Å². The van der Waals surface area contributed by atoms with Gasteiger partial charge < -0.3 is 0 Å². The van der Waals surface area contributed by atoms with Crippen molar-refractivity contribution in [1.29, 1.82) is 0 Å². The van der Waals surface area contributed by atoms with Crippen LogP contribution in [0.1, 0.15) is 5.56 Å². The SMILES string of the molecule is FC(F)(F)c1cc(Br)c2nc3c4cccnc4c4ncccc4c3nc2c1. The molecule has 3 heterocycles. The third-order valence-electron chi connectivity index (χ3n) is 4.40. The lowest BCUT2D eigenvalue weighted by molar-refractivity contribution is -0.137. The molecule has 3 aromatic heterocycles. The summed E-state index contributed by atoms with van der Waals surface area (Å²) in [6.45, 7) is 0. The minimum atomic E-state index is -4.47. The van der Waals surface area contributed by atoms with Crippen LogP contribution in [0.15, 0.2) is 53.3 Å². The van der Waals surface area contributed by atoms with Crippen molar-refractivity contribution in [3.05, 3.63) is 58.8 Å². The maximum absolute atomic E-state index is 13.2. The number of hydrogen-bond donors (Lipinski definition) is 0. The van der Waals surface area contributed by atoms with Crippen LogP contribution in [0.3, 0.4) is 0 Å². The highest BCUT2D eigenvalue weighted by Crippen LogP contribution is 2.37. The van der Waals surface area contributed by atoms with Gasteiger partial charge in [0.2, 0.25) is 0 Å². The van der Waals surface area contributed by atoms with Gasteiger partial charge >= 0.3 is 6.18 Å². The van der Waals surface area contributed by atoms with Gasteiger partial charge in [0.1, 0.15) is 5.52 Å². The van der Waals surface area contributed by atoms with Crippen LogP contribution in [0.2, 0.25) is 0 Å². The first-order chi connectivity index (χ1) is 12.9. The summed E-state index contributed by atoms with van der Waals surface area (Å²) in [6, 6.07) is 9.25. The maximum atomic E-state index is 13.2. The maximum Gasteiger partial charge on any atom is 0.416 e. The van der Waals surface area contributed by atoms with Crippen LogP contribution in [-0.4, -0.2) is 19.9 Å². The molecule has 0 radical (unpaired) electrons. The molecule has 0 atom stereocenters. The molecule has 0 N–H and O–H groups in total. The van der Waals surface area contributed by atoms with E-state index in [9.17, 15) is 13.2 Å². The third kappa shape index (κ3) is 2.43. The monoisotopic (exact) mass is 428 g/mol. The number of rotatable bonds is 0. The zero-order valence-electron chi connectivity index (χ0n) is 13.4. The first-order valence-electron chi connectivity index (χ1n) is 7.93. The highest BCUT2D eigenvalue weighted by Gasteiger charge is 2.31. The fraction of sp³-hybridized carbons (Fsp3) is 0.0526. The molecule has 0 saturated heterocycles. The Morgan fingerprint density at radius 3 is 1.93 bits per heavy atom. The summed E-state index contributed by atoms with van der Waals surface area (Å²) in [5.41, 5.74) is 2.14. The van der Waals surface area contributed by atoms with Crippen LogP contribution in [0.25, 0.3) is 43.9 Å². The molecule has 0 aliphatic carbocycles. The number of halogens is 4. The summed E-state index contributed by atoms with van der Waals surface area (Å²) in [7, 11) is 0. The molecule has 0 saturated carbocycles. The highest BCUT2D eigenvalue weighted by atomic mass is 79.9. The van der Waals surface area contributed by atoms with Gasteiger partial charge in [0.05, 0.1) is 33.1 Å². The minimum Gasteiger partial charge on any atom is -0.254 e. The number of hydrogen-bond acceptors (Lipinski definition) is 4. The Morgan fingerprint density at radius 1 is 0.741 bits per heavy atom. The van der Waals surface area contributed by atoms with E-state index in [4.69, 9.17) is 0 Å². The molecule has 0 unspecified atom stereocenters. The van der Waals surface area contributed by atoms with E-state index in [1.54, 1.807) is 24.5 Å². The average Bonchev–Trinajstić information content (AvgIpc) is 2.66. The van der Waals surface area contributed by atoms with Gasteiger partial charge in [-0.1, -0.05) is 0 Å². The molecule has 0 aliphatic rings. The Labute approximate surface area is 158 Å². The van der Waals surface area contributed by atoms with Crippen LogP contribution >= 0.6 is 15.9 Å². The van der Waals surface area contributed by atoms with E-state index in [2.05, 4.69) is 35.9 Å². The Morgan fingerprint density at radius 2 is 1.33 bits per heavy atom. The Hall–Kier alpha value is -2.87. The molecule has 5 aromatic rings. The van der Waals surface area contributed by atoms with Crippen LogP contribution < -0.4 is 0 Å². The molecule has 2 aromatic carbocycles. The van der Waals surface area contributed by atoms with Crippen molar-refractivity contribution < 1.29 is 13.2 Å². The van der Waals surface area contributed by atoms with Gasteiger partial charge in [-0.05, 0) is 52.3 Å². The predicted molar refractivity (Wildman–Crippen MR) is 100 cm³/mol. The quantitative estimate of drug-likeness (QED) is 0.236. The van der Waals surface area contributed by atoms with E-state index in [-0.39, 0.29) is 9.99 Å². The minimum absolute atomic E-state index is 0.164. The standard InChI is InChI=1S/C19H8BrF3N4/c20-12-7-9(19(21,22)23)8-13-18(12)27-17-11-4-2-6-25-15(11)14-10(16(17)26-13)3-1-5-24-14/h1-8H. The molecule has 4 nitrogen and oxygen atoms in total. The van der Waals surface area contributed by atoms with Crippen LogP contribution in [-0.2, 0) is 6.18 Å². The van der Waals surface area contributed by atoms with Gasteiger partial charge in [0, 0.05) is 27.6 Å². The molecule has 0 bridgehead atoms. The summed E-state index contributed by atoms with van der Waals surface area (Å²) in [6.07, 6.45) is -1.15. The summed E-state index contributed by atoms with van der Waals surface area (Å²) < 4.78 is 39.8. The second kappa shape index (κ2) is 5.56. The molecule has 27 heavy (non-hydrogen) atoms. The summed E-state index contributed by atoms with van der Waals surface area (Å²) in [4.78, 5) is 18.0. The highest BCUT2D eigenvalue weighted by molar-refractivity contribution is 9.10. The normalized spacial score (nSPS) is 12.4. The zero-order chi connectivity index (χ0) is 18.8. The van der Waals surface area contributed by atoms with E-state index in [0.717, 1.165) is 17.5 Å². The molecule has 0 spiro atoms. The van der Waals surface area contributed by atoms with Crippen molar-refractivity contribution in [3.8, 4) is 0 Å². The lowest BCUT2D eigenvalue weighted by Crippen LogP contribution is -2.05. The lowest BCUT2D eigenvalue weighted by atomic mass is 10.1. The summed E-state index contributed by atoms with van der Waals surface area (Å²) in [5.74, 6) is 0. The Balaban J connectivity index is 2.03. The van der Waals surface area contributed by atoms with Crippen molar-refractivity contribution in [3.63, 3.8) is 0 Å². The van der Waals surface area contributed by atoms with Crippen molar-refractivity contribution >= 4 is 59.8 Å². The zero-order valence-corrected chi connectivity index (χ0v) is 15.0. The molecular formula is C19H8BrF3N4. The van der Waals surface area contributed by atoms with E-state index >= 15 is 0 Å². The molecular weight excluding hydrogens is 421 g/mol. The van der Waals surface area contributed by atoms with Gasteiger partial charge in [-0.2, -0.15) is 13.2 Å². The van der Waals surface area contributed by atoms with E-state index in [0.29, 0.717) is 33.0 Å². The first kappa shape index (κ1) is 16.3. The van der Waals surface area contributed by atoms with Crippen LogP contribution in [0.4, 0.5) is 13.2 Å². The summed E-state index contributed by atoms with van der Waals surface area (Å²) in [5, 5.41) is 1.45. The smallest absolute Gasteiger partial charge is 0.254 e. The molecule has 0 amide bonds. The van der Waals surface area contributed by atoms with Crippen LogP contribution in [0, 0.1) is 0 Å². The largest absolute Gasteiger partial charge is 0.416 e. The molecule has 0 fully saturated rings. The molecule has 5 rings (SSSR count). The second-order valence-electron chi connectivity index (χ2n) is 6.04. The van der Waals surface area contributed by atoms with Crippen molar-refractivity contribution in [2.75, 3.05) is 0 Å². The molecule has 132 valence electrons. The Bertz CT molecular complexity index is 1380. The van der Waals surface area contributed by atoms with Gasteiger partial charge in [0.25, 0.3) is 0 Å². The van der Waals surface area contributed by atoms with Crippen molar-refractivity contribution in [2.45, 2.75) is 6.18 Å². The average molecular weight is 429 g/mol. The number of pyridine rings is 2. The number of alkyl halides is 3. The summed E-state index contributed by atoms with van der Waals surface area (Å²) >= 11 is 3.21. The predicted octanol–water partition coefficient (Wildman–Crippen LogP) is 5.66. The van der Waals surface area contributed by atoms with Crippen LogP contribution in [0.5, 0.6) is 0 Å². The topological polar surface area (TPSA) is 51.6 Å². The Kier molecular flexibility index (Phi) is 3.36. The number of fused-ring (bicyclic) bond motifs is 7. The van der Waals surface area contributed by atoms with Gasteiger partial charge in [0.15, 0.2) is 0 Å².